The SMILES string of the molecule is CC/C=C\C/C=C\C/C=C\C/C=C\C/C=C\CCCC(=O)OCC(COC1OC(C(=O)O)C(O)C(O)C1OC(=O)CCCCCCCCCCC)OC(=O)CCCCCCCCCCCCCCCCC. The van der Waals surface area contributed by atoms with Gasteiger partial charge in [-0.3, -0.25) is 14.4 Å². The second-order valence-corrected chi connectivity index (χ2v) is 19.2. The maximum atomic E-state index is 13.1. The number of hydrogen-bond donors (Lipinski definition) is 3. The molecule has 1 aliphatic heterocycles. The first-order chi connectivity index (χ1) is 34.6. The first-order valence-electron chi connectivity index (χ1n) is 28.3. The van der Waals surface area contributed by atoms with Gasteiger partial charge in [0.2, 0.25) is 0 Å². The summed E-state index contributed by atoms with van der Waals surface area (Å²) in [6.07, 6.45) is 45.0. The second-order valence-electron chi connectivity index (χ2n) is 19.2. The van der Waals surface area contributed by atoms with Crippen LogP contribution in [0.2, 0.25) is 0 Å². The second kappa shape index (κ2) is 47.4. The maximum absolute atomic E-state index is 13.1. The van der Waals surface area contributed by atoms with Gasteiger partial charge in [0.05, 0.1) is 6.61 Å². The minimum atomic E-state index is -1.91. The van der Waals surface area contributed by atoms with E-state index < -0.39 is 67.3 Å². The summed E-state index contributed by atoms with van der Waals surface area (Å²) in [5.74, 6) is -3.19. The molecule has 1 fully saturated rings. The van der Waals surface area contributed by atoms with E-state index in [-0.39, 0.29) is 25.9 Å². The predicted molar refractivity (Wildman–Crippen MR) is 285 cm³/mol. The third-order valence-corrected chi connectivity index (χ3v) is 12.6. The van der Waals surface area contributed by atoms with E-state index in [2.05, 4.69) is 75.5 Å². The molecule has 0 bridgehead atoms. The molecule has 0 amide bonds. The van der Waals surface area contributed by atoms with Crippen LogP contribution in [0.3, 0.4) is 0 Å². The van der Waals surface area contributed by atoms with Gasteiger partial charge in [0.15, 0.2) is 24.6 Å². The van der Waals surface area contributed by atoms with Crippen molar-refractivity contribution >= 4 is 23.9 Å². The Morgan fingerprint density at radius 1 is 0.479 bits per heavy atom. The molecule has 0 aromatic rings. The predicted octanol–water partition coefficient (Wildman–Crippen LogP) is 14.0. The lowest BCUT2D eigenvalue weighted by atomic mass is 9.98. The number of hydrogen-bond acceptors (Lipinski definition) is 11. The molecule has 1 rings (SSSR count). The van der Waals surface area contributed by atoms with Crippen LogP contribution in [0.1, 0.15) is 239 Å². The highest BCUT2D eigenvalue weighted by Gasteiger charge is 2.50. The van der Waals surface area contributed by atoms with Crippen LogP contribution >= 0.6 is 0 Å². The van der Waals surface area contributed by atoms with Gasteiger partial charge in [-0.1, -0.05) is 223 Å². The summed E-state index contributed by atoms with van der Waals surface area (Å²) in [6, 6.07) is 0. The number of carboxylic acids is 1. The Kier molecular flexibility index (Phi) is 43.7. The van der Waals surface area contributed by atoms with Crippen LogP contribution in [0.4, 0.5) is 0 Å². The van der Waals surface area contributed by atoms with Crippen LogP contribution in [-0.2, 0) is 42.9 Å². The molecule has 0 radical (unpaired) electrons. The summed E-state index contributed by atoms with van der Waals surface area (Å²) >= 11 is 0. The third kappa shape index (κ3) is 37.8. The van der Waals surface area contributed by atoms with Crippen LogP contribution in [0.5, 0.6) is 0 Å². The van der Waals surface area contributed by atoms with Gasteiger partial charge in [-0.05, 0) is 57.8 Å². The summed E-state index contributed by atoms with van der Waals surface area (Å²) in [7, 11) is 0. The van der Waals surface area contributed by atoms with Crippen molar-refractivity contribution in [3.8, 4) is 0 Å². The molecule has 6 unspecified atom stereocenters. The van der Waals surface area contributed by atoms with E-state index in [1.54, 1.807) is 0 Å². The normalized spacial score (nSPS) is 18.9. The zero-order chi connectivity index (χ0) is 51.8. The van der Waals surface area contributed by atoms with E-state index in [0.717, 1.165) is 77.0 Å². The van der Waals surface area contributed by atoms with Crippen LogP contribution in [0.15, 0.2) is 60.8 Å². The van der Waals surface area contributed by atoms with Gasteiger partial charge in [-0.2, -0.15) is 0 Å². The van der Waals surface area contributed by atoms with E-state index >= 15 is 0 Å². The number of aliphatic carboxylic acids is 1. The van der Waals surface area contributed by atoms with Gasteiger partial charge in [0.25, 0.3) is 0 Å². The summed E-state index contributed by atoms with van der Waals surface area (Å²) in [4.78, 5) is 50.9. The van der Waals surface area contributed by atoms with Crippen molar-refractivity contribution < 1.29 is 58.2 Å². The molecule has 0 aromatic carbocycles. The number of esters is 3. The van der Waals surface area contributed by atoms with Gasteiger partial charge in [-0.25, -0.2) is 4.79 Å². The number of rotatable bonds is 47. The first kappa shape index (κ1) is 65.4. The van der Waals surface area contributed by atoms with Crippen molar-refractivity contribution in [1.82, 2.24) is 0 Å². The van der Waals surface area contributed by atoms with E-state index in [0.29, 0.717) is 25.7 Å². The van der Waals surface area contributed by atoms with Gasteiger partial charge >= 0.3 is 23.9 Å². The Bertz CT molecular complexity index is 1470. The monoisotopic (exact) mass is 1000 g/mol. The minimum Gasteiger partial charge on any atom is -0.479 e. The smallest absolute Gasteiger partial charge is 0.335 e. The molecule has 408 valence electrons. The van der Waals surface area contributed by atoms with E-state index in [1.165, 1.54) is 96.3 Å². The summed E-state index contributed by atoms with van der Waals surface area (Å²) in [5, 5.41) is 31.3. The lowest BCUT2D eigenvalue weighted by Gasteiger charge is -2.40. The van der Waals surface area contributed by atoms with Crippen LogP contribution in [-0.4, -0.2) is 89.2 Å². The molecule has 0 saturated carbocycles. The fourth-order valence-corrected chi connectivity index (χ4v) is 8.29. The number of unbranched alkanes of at least 4 members (excludes halogenated alkanes) is 23. The number of aliphatic hydroxyl groups is 2. The topological polar surface area (TPSA) is 175 Å². The Hall–Kier alpha value is -3.58. The zero-order valence-corrected chi connectivity index (χ0v) is 44.7. The number of ether oxygens (including phenoxy) is 5. The van der Waals surface area contributed by atoms with E-state index in [1.807, 2.05) is 6.08 Å². The highest BCUT2D eigenvalue weighted by molar-refractivity contribution is 5.74. The molecule has 0 aliphatic carbocycles. The molecule has 0 aromatic heterocycles. The number of carbonyl (C=O) groups is 4. The molecule has 12 nitrogen and oxygen atoms in total. The standard InChI is InChI=1S/C59H100O12/c1-4-7-10-13-16-19-21-23-25-26-28-29-31-34-36-39-42-45-51(60)67-48-50(69-52(61)46-43-40-38-35-32-30-27-24-22-20-17-14-11-8-5-2)49-68-59-57(55(64)54(63)56(71-59)58(65)66)70-53(62)47-44-41-37-33-18-15-12-9-6-3/h7,10,16,19,23,25,28-29,34,36,50,54-57,59,63-64H,4-6,8-9,11-15,17-18,20-22,24,26-27,30-33,35,37-49H2,1-3H3,(H,65,66)/b10-7-,19-16-,25-23-,29-28-,36-34-. The van der Waals surface area contributed by atoms with E-state index in [4.69, 9.17) is 23.7 Å². The zero-order valence-electron chi connectivity index (χ0n) is 44.7. The van der Waals surface area contributed by atoms with E-state index in [9.17, 15) is 34.5 Å². The molecular weight excluding hydrogens is 901 g/mol. The van der Waals surface area contributed by atoms with Crippen molar-refractivity contribution in [2.24, 2.45) is 0 Å². The molecule has 12 heteroatoms. The molecule has 6 atom stereocenters. The van der Waals surface area contributed by atoms with Crippen molar-refractivity contribution in [3.63, 3.8) is 0 Å². The quantitative estimate of drug-likeness (QED) is 0.0228. The first-order valence-corrected chi connectivity index (χ1v) is 28.3. The highest BCUT2D eigenvalue weighted by atomic mass is 16.7. The molecule has 1 saturated heterocycles. The number of carboxylic acid groups (broad SMARTS) is 1. The lowest BCUT2D eigenvalue weighted by Crippen LogP contribution is -2.61. The molecule has 71 heavy (non-hydrogen) atoms. The largest absolute Gasteiger partial charge is 0.479 e. The van der Waals surface area contributed by atoms with Crippen molar-refractivity contribution in [2.45, 2.75) is 276 Å². The van der Waals surface area contributed by atoms with Crippen molar-refractivity contribution in [2.75, 3.05) is 13.2 Å². The third-order valence-electron chi connectivity index (χ3n) is 12.6. The minimum absolute atomic E-state index is 0.0564. The Morgan fingerprint density at radius 2 is 0.887 bits per heavy atom. The molecule has 1 aliphatic rings. The molecule has 0 spiro atoms. The van der Waals surface area contributed by atoms with Gasteiger partial charge in [0.1, 0.15) is 18.8 Å². The van der Waals surface area contributed by atoms with Crippen molar-refractivity contribution in [3.05, 3.63) is 60.8 Å². The molecule has 1 heterocycles. The lowest BCUT2D eigenvalue weighted by molar-refractivity contribution is -0.301. The van der Waals surface area contributed by atoms with Gasteiger partial charge in [-0.15, -0.1) is 0 Å². The Morgan fingerprint density at radius 3 is 1.34 bits per heavy atom. The number of carbonyl (C=O) groups excluding carboxylic acids is 3. The van der Waals surface area contributed by atoms with Crippen LogP contribution in [0, 0.1) is 0 Å². The van der Waals surface area contributed by atoms with Crippen LogP contribution in [0.25, 0.3) is 0 Å². The molecule has 3 N–H and O–H groups in total. The van der Waals surface area contributed by atoms with Gasteiger partial charge < -0.3 is 39.0 Å². The fourth-order valence-electron chi connectivity index (χ4n) is 8.29. The van der Waals surface area contributed by atoms with Crippen LogP contribution < -0.4 is 0 Å². The Balaban J connectivity index is 2.73. The number of allylic oxidation sites excluding steroid dienone is 10. The molecular formula is C59H100O12. The average molecular weight is 1000 g/mol. The summed E-state index contributed by atoms with van der Waals surface area (Å²) in [6.45, 7) is 5.80. The van der Waals surface area contributed by atoms with Crippen molar-refractivity contribution in [1.29, 1.82) is 0 Å². The maximum Gasteiger partial charge on any atom is 0.335 e. The summed E-state index contributed by atoms with van der Waals surface area (Å²) in [5.41, 5.74) is 0. The highest BCUT2D eigenvalue weighted by Crippen LogP contribution is 2.26. The average Bonchev–Trinajstić information content (AvgIpc) is 3.35. The number of aliphatic hydroxyl groups excluding tert-OH is 2. The Labute approximate surface area is 430 Å². The fraction of sp³-hybridized carbons (Fsp3) is 0.763. The summed E-state index contributed by atoms with van der Waals surface area (Å²) < 4.78 is 28.3. The van der Waals surface area contributed by atoms with Gasteiger partial charge in [0, 0.05) is 19.3 Å².